The van der Waals surface area contributed by atoms with Crippen LogP contribution in [0.5, 0.6) is 0 Å². The summed E-state index contributed by atoms with van der Waals surface area (Å²) < 4.78 is 2.50. The Bertz CT molecular complexity index is 2420. The van der Waals surface area contributed by atoms with E-state index in [0.717, 1.165) is 30.7 Å². The lowest BCUT2D eigenvalue weighted by Crippen LogP contribution is -2.44. The Hall–Kier alpha value is -4.86. The van der Waals surface area contributed by atoms with Crippen molar-refractivity contribution in [1.82, 2.24) is 9.80 Å². The molecule has 6 heterocycles. The molecule has 8 rings (SSSR count). The van der Waals surface area contributed by atoms with Gasteiger partial charge >= 0.3 is 0 Å². The fraction of sp³-hybridized carbons (Fsp3) is 0.278. The molecule has 0 aromatic carbocycles. The third kappa shape index (κ3) is 3.96. The summed E-state index contributed by atoms with van der Waals surface area (Å²) in [6.07, 6.45) is 0. The van der Waals surface area contributed by atoms with Gasteiger partial charge in [0.2, 0.25) is 0 Å². The second-order valence-corrected chi connectivity index (χ2v) is 17.7. The quantitative estimate of drug-likeness (QED) is 0.153. The van der Waals surface area contributed by atoms with E-state index in [1.165, 1.54) is 67.0 Å². The minimum atomic E-state index is -0.617. The maximum Gasteiger partial charge on any atom is 0.279 e. The number of aliphatic imine (C=N–C) groups is 2. The lowest BCUT2D eigenvalue weighted by molar-refractivity contribution is -0.138. The van der Waals surface area contributed by atoms with Crippen LogP contribution in [0.25, 0.3) is 33.8 Å². The van der Waals surface area contributed by atoms with Crippen LogP contribution < -0.4 is 0 Å². The summed E-state index contributed by atoms with van der Waals surface area (Å²) in [7, 11) is 2.74. The van der Waals surface area contributed by atoms with Crippen molar-refractivity contribution in [3.8, 4) is 25.6 Å². The van der Waals surface area contributed by atoms with Crippen LogP contribution in [-0.4, -0.2) is 58.9 Å². The summed E-state index contributed by atoms with van der Waals surface area (Å²) in [5.74, 6) is -2.27. The highest BCUT2D eigenvalue weighted by atomic mass is 32.1. The van der Waals surface area contributed by atoms with E-state index in [2.05, 4.69) is 32.5 Å². The third-order valence-corrected chi connectivity index (χ3v) is 15.0. The molecular formula is C36H26N6O4S4. The Kier molecular flexibility index (Phi) is 6.69. The number of carbonyl (C=O) groups excluding carboxylic acids is 4. The van der Waals surface area contributed by atoms with Crippen molar-refractivity contribution in [1.29, 1.82) is 5.26 Å². The maximum absolute atomic E-state index is 13.0. The number of hydrogen-bond acceptors (Lipinski definition) is 11. The van der Waals surface area contributed by atoms with Crippen LogP contribution in [0.15, 0.2) is 44.5 Å². The van der Waals surface area contributed by atoms with Crippen molar-refractivity contribution in [2.75, 3.05) is 14.1 Å². The van der Waals surface area contributed by atoms with Crippen molar-refractivity contribution < 1.29 is 19.2 Å². The summed E-state index contributed by atoms with van der Waals surface area (Å²) in [5.41, 5.74) is 4.79. The first kappa shape index (κ1) is 32.4. The Labute approximate surface area is 302 Å². The first-order valence-electron chi connectivity index (χ1n) is 15.5. The van der Waals surface area contributed by atoms with Crippen molar-refractivity contribution >= 4 is 99.8 Å². The van der Waals surface area contributed by atoms with Gasteiger partial charge in [0.1, 0.15) is 33.1 Å². The Morgan fingerprint density at radius 1 is 0.700 bits per heavy atom. The monoisotopic (exact) mass is 734 g/mol. The van der Waals surface area contributed by atoms with Gasteiger partial charge in [-0.3, -0.25) is 29.0 Å². The zero-order chi connectivity index (χ0) is 35.9. The summed E-state index contributed by atoms with van der Waals surface area (Å²) in [6, 6.07) is 5.98. The fourth-order valence-electron chi connectivity index (χ4n) is 7.24. The predicted molar refractivity (Wildman–Crippen MR) is 198 cm³/mol. The van der Waals surface area contributed by atoms with Crippen LogP contribution in [0.4, 0.5) is 10.0 Å². The van der Waals surface area contributed by atoms with E-state index in [9.17, 15) is 24.4 Å². The molecule has 0 fully saturated rings. The van der Waals surface area contributed by atoms with Gasteiger partial charge in [-0.2, -0.15) is 5.26 Å². The molecule has 0 unspecified atom stereocenters. The number of hydrogen-bond donors (Lipinski definition) is 0. The second-order valence-electron chi connectivity index (χ2n) is 13.6. The molecule has 4 aliphatic rings. The zero-order valence-electron chi connectivity index (χ0n) is 28.1. The minimum Gasteiger partial charge on any atom is -0.286 e. The Balaban J connectivity index is 1.22. The number of carbonyl (C=O) groups is 4. The topological polar surface area (TPSA) is 128 Å². The van der Waals surface area contributed by atoms with Gasteiger partial charge in [0, 0.05) is 30.5 Å². The summed E-state index contributed by atoms with van der Waals surface area (Å²) in [5, 5.41) is 10.9. The number of amides is 4. The molecule has 0 saturated carbocycles. The molecule has 0 atom stereocenters. The standard InChI is InChI=1S/C36H26N6O4S4/c1-13-15(12-37)31(43)41(8)33(45)23(13)39-18-10-16-25(47-18)27-20(35(16,3)4)29-30(49-27)21-28(50-29)26-17(36(21,5)6)11-19(48-26)40-24-14(2)22(38-7)32(44)42(9)34(24)46/h10-11H,1-6,8-9H3. The summed E-state index contributed by atoms with van der Waals surface area (Å²) in [4.78, 5) is 70.3. The van der Waals surface area contributed by atoms with Gasteiger partial charge in [0.25, 0.3) is 29.3 Å². The lowest BCUT2D eigenvalue weighted by atomic mass is 9.82. The highest BCUT2D eigenvalue weighted by molar-refractivity contribution is 7.35. The van der Waals surface area contributed by atoms with Crippen LogP contribution >= 0.6 is 45.3 Å². The smallest absolute Gasteiger partial charge is 0.279 e. The van der Waals surface area contributed by atoms with Crippen molar-refractivity contribution in [3.05, 3.63) is 68.2 Å². The van der Waals surface area contributed by atoms with Crippen molar-refractivity contribution in [3.63, 3.8) is 0 Å². The number of nitriles is 1. The largest absolute Gasteiger partial charge is 0.286 e. The van der Waals surface area contributed by atoms with Crippen LogP contribution in [-0.2, 0) is 30.0 Å². The van der Waals surface area contributed by atoms with Crippen LogP contribution in [0.1, 0.15) is 63.8 Å². The molecule has 14 heteroatoms. The number of likely N-dealkylation sites (N-methyl/N-ethyl adjacent to an activating group) is 2. The van der Waals surface area contributed by atoms with Crippen LogP contribution in [0.2, 0.25) is 0 Å². The van der Waals surface area contributed by atoms with Gasteiger partial charge in [-0.05, 0) is 53.8 Å². The van der Waals surface area contributed by atoms with E-state index in [4.69, 9.17) is 16.6 Å². The molecular weight excluding hydrogens is 709 g/mol. The molecule has 0 spiro atoms. The number of nitrogens with zero attached hydrogens (tertiary/aromatic N) is 6. The first-order valence-corrected chi connectivity index (χ1v) is 18.7. The van der Waals surface area contributed by atoms with Gasteiger partial charge in [-0.1, -0.05) is 27.7 Å². The molecule has 0 radical (unpaired) electrons. The van der Waals surface area contributed by atoms with Crippen LogP contribution in [0.3, 0.4) is 0 Å². The van der Waals surface area contributed by atoms with Crippen molar-refractivity contribution in [2.24, 2.45) is 9.98 Å². The molecule has 0 bridgehead atoms. The molecule has 10 nitrogen and oxygen atoms in total. The van der Waals surface area contributed by atoms with Crippen molar-refractivity contribution in [2.45, 2.75) is 52.4 Å². The maximum atomic E-state index is 13.0. The van der Waals surface area contributed by atoms with Crippen LogP contribution in [0, 0.1) is 17.9 Å². The fourth-order valence-corrected chi connectivity index (χ4v) is 13.4. The normalized spacial score (nSPS) is 20.7. The predicted octanol–water partition coefficient (Wildman–Crippen LogP) is 7.87. The van der Waals surface area contributed by atoms with Gasteiger partial charge in [-0.25, -0.2) is 14.8 Å². The zero-order valence-corrected chi connectivity index (χ0v) is 31.4. The molecule has 4 aromatic rings. The average molecular weight is 735 g/mol. The Morgan fingerprint density at radius 2 is 1.14 bits per heavy atom. The molecule has 4 aromatic heterocycles. The molecule has 0 saturated heterocycles. The summed E-state index contributed by atoms with van der Waals surface area (Å²) >= 11 is 6.60. The molecule has 2 aliphatic carbocycles. The van der Waals surface area contributed by atoms with Gasteiger partial charge in [-0.15, -0.1) is 45.3 Å². The number of imide groups is 2. The van der Waals surface area contributed by atoms with E-state index >= 15 is 0 Å². The SMILES string of the molecule is [C-]#[N+]C1=C(C)C(=Nc2cc3c(s2)-c2sc4c5c(sc4c2C3(C)C)-c2sc(N=C3C(=O)N(C)C(=O)C(C#N)=C3C)cc2C5(C)C)C(=O)N(C)C1=O. The van der Waals surface area contributed by atoms with E-state index in [0.29, 0.717) is 15.6 Å². The van der Waals surface area contributed by atoms with E-state index in [-0.39, 0.29) is 39.1 Å². The highest BCUT2D eigenvalue weighted by Gasteiger charge is 2.47. The number of thiophene rings is 4. The van der Waals surface area contributed by atoms with Gasteiger partial charge in [0.05, 0.1) is 35.5 Å². The number of rotatable bonds is 2. The minimum absolute atomic E-state index is 0.0756. The number of fused-ring (bicyclic) bond motifs is 9. The average Bonchev–Trinajstić information content (AvgIpc) is 3.88. The van der Waals surface area contributed by atoms with E-state index in [1.54, 1.807) is 36.5 Å². The van der Waals surface area contributed by atoms with E-state index in [1.807, 2.05) is 18.2 Å². The van der Waals surface area contributed by atoms with E-state index < -0.39 is 23.6 Å². The third-order valence-electron chi connectivity index (χ3n) is 10.1. The molecule has 2 aliphatic heterocycles. The molecule has 248 valence electrons. The lowest BCUT2D eigenvalue weighted by Gasteiger charge is -2.22. The van der Waals surface area contributed by atoms with Gasteiger partial charge in [0.15, 0.2) is 0 Å². The highest BCUT2D eigenvalue weighted by Crippen LogP contribution is 2.66. The summed E-state index contributed by atoms with van der Waals surface area (Å²) in [6.45, 7) is 19.5. The van der Waals surface area contributed by atoms with Gasteiger partial charge < -0.3 is 0 Å². The molecule has 4 amide bonds. The Morgan fingerprint density at radius 3 is 1.58 bits per heavy atom. The molecule has 50 heavy (non-hydrogen) atoms. The second kappa shape index (κ2) is 10.3. The first-order chi connectivity index (χ1) is 23.5. The molecule has 0 N–H and O–H groups in total.